The minimum absolute atomic E-state index is 0.442. The molecule has 138 valence electrons. The van der Waals surface area contributed by atoms with E-state index in [9.17, 15) is 5.11 Å². The topological polar surface area (TPSA) is 63.2 Å². The standard InChI is InChI=1S/C21H19Br2N3O/c22-13-4-6-20-18(8-13)19-9-14(23)5-7-21(19)26(20)12-17(27)11-25-16-3-1-2-15(24)10-16/h1-10,17,25,27H,11-12,24H2. The van der Waals surface area contributed by atoms with Gasteiger partial charge in [-0.3, -0.25) is 0 Å². The molecular weight excluding hydrogens is 470 g/mol. The minimum atomic E-state index is -0.544. The Morgan fingerprint density at radius 2 is 1.56 bits per heavy atom. The van der Waals surface area contributed by atoms with Crippen molar-refractivity contribution in [2.75, 3.05) is 17.6 Å². The van der Waals surface area contributed by atoms with Crippen LogP contribution in [0.5, 0.6) is 0 Å². The summed E-state index contributed by atoms with van der Waals surface area (Å²) >= 11 is 7.13. The van der Waals surface area contributed by atoms with Gasteiger partial charge in [0, 0.05) is 48.7 Å². The van der Waals surface area contributed by atoms with Crippen LogP contribution in [0, 0.1) is 0 Å². The van der Waals surface area contributed by atoms with Gasteiger partial charge in [0.1, 0.15) is 0 Å². The van der Waals surface area contributed by atoms with E-state index in [1.807, 2.05) is 36.4 Å². The third-order valence-electron chi connectivity index (χ3n) is 4.61. The highest BCUT2D eigenvalue weighted by Gasteiger charge is 2.14. The monoisotopic (exact) mass is 487 g/mol. The molecule has 0 aliphatic rings. The van der Waals surface area contributed by atoms with Gasteiger partial charge < -0.3 is 20.7 Å². The van der Waals surface area contributed by atoms with Crippen LogP contribution in [0.4, 0.5) is 11.4 Å². The molecule has 1 heterocycles. The van der Waals surface area contributed by atoms with Crippen molar-refractivity contribution in [3.05, 3.63) is 69.6 Å². The van der Waals surface area contributed by atoms with Crippen molar-refractivity contribution in [1.29, 1.82) is 0 Å². The molecule has 0 bridgehead atoms. The predicted octanol–water partition coefficient (Wildman–Crippen LogP) is 5.37. The summed E-state index contributed by atoms with van der Waals surface area (Å²) in [6.45, 7) is 0.941. The summed E-state index contributed by atoms with van der Waals surface area (Å²) in [6, 6.07) is 20.0. The summed E-state index contributed by atoms with van der Waals surface area (Å²) in [6.07, 6.45) is -0.544. The van der Waals surface area contributed by atoms with Crippen LogP contribution in [0.1, 0.15) is 0 Å². The van der Waals surface area contributed by atoms with Crippen LogP contribution >= 0.6 is 31.9 Å². The Bertz CT molecular complexity index is 1060. The minimum Gasteiger partial charge on any atom is -0.399 e. The molecule has 0 aliphatic heterocycles. The van der Waals surface area contributed by atoms with E-state index in [2.05, 4.69) is 66.0 Å². The van der Waals surface area contributed by atoms with Gasteiger partial charge in [0.05, 0.1) is 12.6 Å². The van der Waals surface area contributed by atoms with Gasteiger partial charge >= 0.3 is 0 Å². The summed E-state index contributed by atoms with van der Waals surface area (Å²) in [5.74, 6) is 0. The van der Waals surface area contributed by atoms with Crippen LogP contribution in [0.3, 0.4) is 0 Å². The second-order valence-corrected chi connectivity index (χ2v) is 8.43. The van der Waals surface area contributed by atoms with Crippen molar-refractivity contribution in [2.24, 2.45) is 0 Å². The number of nitrogens with two attached hydrogens (primary N) is 1. The highest BCUT2D eigenvalue weighted by Crippen LogP contribution is 2.33. The summed E-state index contributed by atoms with van der Waals surface area (Å²) in [5.41, 5.74) is 9.63. The van der Waals surface area contributed by atoms with E-state index in [1.54, 1.807) is 0 Å². The number of aromatic nitrogens is 1. The smallest absolute Gasteiger partial charge is 0.0891 e. The number of anilines is 2. The molecule has 0 spiro atoms. The van der Waals surface area contributed by atoms with Crippen molar-refractivity contribution in [3.63, 3.8) is 0 Å². The second kappa shape index (κ2) is 7.54. The number of nitrogens with zero attached hydrogens (tertiary/aromatic N) is 1. The lowest BCUT2D eigenvalue weighted by Gasteiger charge is -2.16. The lowest BCUT2D eigenvalue weighted by atomic mass is 10.2. The van der Waals surface area contributed by atoms with Gasteiger partial charge in [-0.2, -0.15) is 0 Å². The number of nitrogen functional groups attached to an aromatic ring is 1. The van der Waals surface area contributed by atoms with Gasteiger partial charge in [0.25, 0.3) is 0 Å². The highest BCUT2D eigenvalue weighted by molar-refractivity contribution is 9.10. The van der Waals surface area contributed by atoms with Crippen LogP contribution in [-0.2, 0) is 6.54 Å². The third kappa shape index (κ3) is 3.83. The summed E-state index contributed by atoms with van der Waals surface area (Å²) < 4.78 is 4.26. The number of nitrogens with one attached hydrogen (secondary N) is 1. The zero-order chi connectivity index (χ0) is 19.0. The van der Waals surface area contributed by atoms with Gasteiger partial charge in [-0.25, -0.2) is 0 Å². The van der Waals surface area contributed by atoms with Crippen molar-refractivity contribution < 1.29 is 5.11 Å². The molecule has 27 heavy (non-hydrogen) atoms. The molecule has 4 aromatic rings. The van der Waals surface area contributed by atoms with Crippen LogP contribution in [0.2, 0.25) is 0 Å². The van der Waals surface area contributed by atoms with Crippen molar-refractivity contribution >= 4 is 65.0 Å². The van der Waals surface area contributed by atoms with Gasteiger partial charge in [-0.1, -0.05) is 37.9 Å². The average molecular weight is 489 g/mol. The SMILES string of the molecule is Nc1cccc(NCC(O)Cn2c3ccc(Br)cc3c3cc(Br)ccc32)c1. The fraction of sp³-hybridized carbons (Fsp3) is 0.143. The number of aliphatic hydroxyl groups is 1. The lowest BCUT2D eigenvalue weighted by molar-refractivity contribution is 0.169. The van der Waals surface area contributed by atoms with Crippen molar-refractivity contribution in [2.45, 2.75) is 12.6 Å². The molecule has 3 aromatic carbocycles. The molecule has 1 unspecified atom stereocenters. The zero-order valence-corrected chi connectivity index (χ0v) is 17.7. The van der Waals surface area contributed by atoms with Crippen LogP contribution in [-0.4, -0.2) is 22.3 Å². The van der Waals surface area contributed by atoms with Crippen molar-refractivity contribution in [3.8, 4) is 0 Å². The van der Waals surface area contributed by atoms with Gasteiger partial charge in [-0.15, -0.1) is 0 Å². The number of hydrogen-bond acceptors (Lipinski definition) is 3. The van der Waals surface area contributed by atoms with Crippen LogP contribution in [0.15, 0.2) is 69.6 Å². The molecule has 0 aliphatic carbocycles. The Morgan fingerprint density at radius 1 is 0.926 bits per heavy atom. The Morgan fingerprint density at radius 3 is 2.15 bits per heavy atom. The summed E-state index contributed by atoms with van der Waals surface area (Å²) in [4.78, 5) is 0. The molecule has 4 nitrogen and oxygen atoms in total. The largest absolute Gasteiger partial charge is 0.399 e. The quantitative estimate of drug-likeness (QED) is 0.330. The van der Waals surface area contributed by atoms with Gasteiger partial charge in [0.15, 0.2) is 0 Å². The Kier molecular flexibility index (Phi) is 5.12. The average Bonchev–Trinajstić information content (AvgIpc) is 2.92. The predicted molar refractivity (Wildman–Crippen MR) is 120 cm³/mol. The Hall–Kier alpha value is -2.02. The van der Waals surface area contributed by atoms with Gasteiger partial charge in [0.2, 0.25) is 0 Å². The maximum absolute atomic E-state index is 10.6. The second-order valence-electron chi connectivity index (χ2n) is 6.59. The first-order chi connectivity index (χ1) is 13.0. The first-order valence-electron chi connectivity index (χ1n) is 8.66. The number of aliphatic hydroxyl groups excluding tert-OH is 1. The number of hydrogen-bond donors (Lipinski definition) is 3. The Labute approximate surface area is 174 Å². The fourth-order valence-electron chi connectivity index (χ4n) is 3.40. The van der Waals surface area contributed by atoms with E-state index >= 15 is 0 Å². The van der Waals surface area contributed by atoms with Gasteiger partial charge in [-0.05, 0) is 54.6 Å². The highest BCUT2D eigenvalue weighted by atomic mass is 79.9. The zero-order valence-electron chi connectivity index (χ0n) is 14.5. The first kappa shape index (κ1) is 18.3. The molecule has 0 radical (unpaired) electrons. The van der Waals surface area contributed by atoms with Crippen LogP contribution in [0.25, 0.3) is 21.8 Å². The first-order valence-corrected chi connectivity index (χ1v) is 10.2. The Balaban J connectivity index is 1.64. The van der Waals surface area contributed by atoms with Crippen LogP contribution < -0.4 is 11.1 Å². The van der Waals surface area contributed by atoms with E-state index in [1.165, 1.54) is 0 Å². The maximum Gasteiger partial charge on any atom is 0.0891 e. The molecule has 0 amide bonds. The van der Waals surface area contributed by atoms with E-state index in [4.69, 9.17) is 5.73 Å². The maximum atomic E-state index is 10.6. The molecule has 4 N–H and O–H groups in total. The number of rotatable bonds is 5. The number of benzene rings is 3. The lowest BCUT2D eigenvalue weighted by Crippen LogP contribution is -2.24. The van der Waals surface area contributed by atoms with E-state index in [0.717, 1.165) is 36.4 Å². The number of halogens is 2. The normalized spacial score (nSPS) is 12.6. The third-order valence-corrected chi connectivity index (χ3v) is 5.60. The summed E-state index contributed by atoms with van der Waals surface area (Å²) in [7, 11) is 0. The molecule has 0 fully saturated rings. The molecule has 6 heteroatoms. The molecule has 4 rings (SSSR count). The molecular formula is C21H19Br2N3O. The molecule has 0 saturated heterocycles. The summed E-state index contributed by atoms with van der Waals surface area (Å²) in [5, 5.41) is 16.2. The van der Waals surface area contributed by atoms with E-state index in [0.29, 0.717) is 18.8 Å². The van der Waals surface area contributed by atoms with E-state index in [-0.39, 0.29) is 0 Å². The van der Waals surface area contributed by atoms with E-state index < -0.39 is 6.10 Å². The number of fused-ring (bicyclic) bond motifs is 3. The van der Waals surface area contributed by atoms with Crippen molar-refractivity contribution in [1.82, 2.24) is 4.57 Å². The molecule has 0 saturated carbocycles. The molecule has 1 atom stereocenters. The fourth-order valence-corrected chi connectivity index (χ4v) is 4.13. The molecule has 1 aromatic heterocycles.